The normalized spacial score (nSPS) is 11.0. The van der Waals surface area contributed by atoms with Crippen molar-refractivity contribution < 1.29 is 0 Å². The summed E-state index contributed by atoms with van der Waals surface area (Å²) < 4.78 is 0.927. The zero-order valence-electron chi connectivity index (χ0n) is 12.0. The van der Waals surface area contributed by atoms with E-state index in [4.69, 9.17) is 0 Å². The number of H-pyrrole nitrogens is 1. The molecule has 0 bridgehead atoms. The first-order valence-electron chi connectivity index (χ1n) is 6.59. The van der Waals surface area contributed by atoms with Crippen molar-refractivity contribution in [3.8, 4) is 0 Å². The summed E-state index contributed by atoms with van der Waals surface area (Å²) >= 11 is 3.40. The molecule has 0 aliphatic carbocycles. The Kier molecular flexibility index (Phi) is 3.59. The summed E-state index contributed by atoms with van der Waals surface area (Å²) in [6.07, 6.45) is 1.74. The minimum Gasteiger partial charge on any atom is -0.363 e. The number of imidazole rings is 1. The molecule has 0 radical (unpaired) electrons. The van der Waals surface area contributed by atoms with E-state index < -0.39 is 0 Å². The Balaban J connectivity index is 1.83. The molecule has 0 aliphatic heterocycles. The number of rotatable bonds is 3. The van der Waals surface area contributed by atoms with Crippen LogP contribution in [0.25, 0.3) is 11.2 Å². The number of nitrogens with one attached hydrogen (secondary N) is 2. The Morgan fingerprint density at radius 2 is 2.00 bits per heavy atom. The molecule has 3 heterocycles. The van der Waals surface area contributed by atoms with Crippen molar-refractivity contribution in [3.63, 3.8) is 0 Å². The fourth-order valence-corrected chi connectivity index (χ4v) is 2.45. The zero-order valence-corrected chi connectivity index (χ0v) is 13.6. The summed E-state index contributed by atoms with van der Waals surface area (Å²) in [5.74, 6) is 2.43. The van der Waals surface area contributed by atoms with E-state index in [1.165, 1.54) is 0 Å². The molecule has 0 aliphatic rings. The number of hydrogen-bond donors (Lipinski definition) is 2. The molecular weight excluding hydrogens is 332 g/mol. The van der Waals surface area contributed by atoms with Crippen molar-refractivity contribution >= 4 is 32.9 Å². The van der Waals surface area contributed by atoms with Gasteiger partial charge in [-0.25, -0.2) is 19.9 Å². The monoisotopic (exact) mass is 346 g/mol. The predicted molar refractivity (Wildman–Crippen MR) is 85.2 cm³/mol. The van der Waals surface area contributed by atoms with E-state index in [1.54, 1.807) is 6.20 Å². The lowest BCUT2D eigenvalue weighted by molar-refractivity contribution is 0.944. The third-order valence-corrected chi connectivity index (χ3v) is 3.71. The Morgan fingerprint density at radius 3 is 2.81 bits per heavy atom. The Labute approximate surface area is 130 Å². The van der Waals surface area contributed by atoms with Crippen LogP contribution in [0.2, 0.25) is 0 Å². The van der Waals surface area contributed by atoms with E-state index >= 15 is 0 Å². The number of aryl methyl sites for hydroxylation is 2. The van der Waals surface area contributed by atoms with E-state index in [0.29, 0.717) is 12.2 Å². The molecule has 0 aromatic carbocycles. The van der Waals surface area contributed by atoms with Crippen LogP contribution < -0.4 is 5.32 Å². The van der Waals surface area contributed by atoms with Gasteiger partial charge in [0.05, 0.1) is 12.1 Å². The highest BCUT2D eigenvalue weighted by Crippen LogP contribution is 2.17. The van der Waals surface area contributed by atoms with E-state index in [9.17, 15) is 0 Å². The van der Waals surface area contributed by atoms with Gasteiger partial charge in [0, 0.05) is 21.9 Å². The average molecular weight is 347 g/mol. The van der Waals surface area contributed by atoms with E-state index in [2.05, 4.69) is 46.2 Å². The number of aromatic amines is 1. The number of nitrogens with zero attached hydrogens (tertiary/aromatic N) is 4. The molecule has 0 amide bonds. The topological polar surface area (TPSA) is 79.4 Å². The first-order chi connectivity index (χ1) is 10.0. The van der Waals surface area contributed by atoms with Gasteiger partial charge in [0.15, 0.2) is 5.65 Å². The molecular formula is C14H15BrN6. The second-order valence-electron chi connectivity index (χ2n) is 4.89. The molecule has 108 valence electrons. The van der Waals surface area contributed by atoms with Crippen LogP contribution in [0.15, 0.2) is 16.7 Å². The molecule has 21 heavy (non-hydrogen) atoms. The first-order valence-corrected chi connectivity index (χ1v) is 7.38. The highest BCUT2D eigenvalue weighted by molar-refractivity contribution is 9.10. The van der Waals surface area contributed by atoms with Gasteiger partial charge in [0.25, 0.3) is 0 Å². The van der Waals surface area contributed by atoms with Crippen LogP contribution in [-0.2, 0) is 6.54 Å². The van der Waals surface area contributed by atoms with Gasteiger partial charge in [-0.1, -0.05) is 0 Å². The fourth-order valence-electron chi connectivity index (χ4n) is 2.12. The molecule has 0 spiro atoms. The number of pyridine rings is 1. The Hall–Kier alpha value is -2.02. The van der Waals surface area contributed by atoms with Gasteiger partial charge in [0.1, 0.15) is 17.5 Å². The smallest absolute Gasteiger partial charge is 0.177 e. The second kappa shape index (κ2) is 5.40. The van der Waals surface area contributed by atoms with Crippen LogP contribution in [0.1, 0.15) is 22.9 Å². The van der Waals surface area contributed by atoms with Crippen LogP contribution in [0, 0.1) is 20.8 Å². The van der Waals surface area contributed by atoms with Gasteiger partial charge in [-0.2, -0.15) is 0 Å². The molecule has 7 heteroatoms. The van der Waals surface area contributed by atoms with Crippen molar-refractivity contribution in [2.75, 3.05) is 5.32 Å². The minimum absolute atomic E-state index is 0.560. The third kappa shape index (κ3) is 2.87. The lowest BCUT2D eigenvalue weighted by atomic mass is 10.2. The predicted octanol–water partition coefficient (Wildman–Crippen LogP) is 3.05. The molecule has 0 saturated carbocycles. The van der Waals surface area contributed by atoms with Crippen molar-refractivity contribution in [1.29, 1.82) is 0 Å². The van der Waals surface area contributed by atoms with Gasteiger partial charge in [-0.05, 0) is 42.8 Å². The van der Waals surface area contributed by atoms with Crippen LogP contribution >= 0.6 is 15.9 Å². The summed E-state index contributed by atoms with van der Waals surface area (Å²) in [6, 6.07) is 1.96. The highest BCUT2D eigenvalue weighted by Gasteiger charge is 2.08. The number of fused-ring (bicyclic) bond motifs is 1. The highest BCUT2D eigenvalue weighted by atomic mass is 79.9. The van der Waals surface area contributed by atoms with Gasteiger partial charge < -0.3 is 10.3 Å². The molecule has 0 fully saturated rings. The Bertz CT molecular complexity index is 811. The molecule has 0 saturated heterocycles. The van der Waals surface area contributed by atoms with Gasteiger partial charge >= 0.3 is 0 Å². The molecule has 0 unspecified atom stereocenters. The van der Waals surface area contributed by atoms with Crippen molar-refractivity contribution in [2.45, 2.75) is 27.3 Å². The van der Waals surface area contributed by atoms with Gasteiger partial charge in [-0.15, -0.1) is 0 Å². The van der Waals surface area contributed by atoms with Crippen LogP contribution in [0.5, 0.6) is 0 Å². The number of anilines is 1. The summed E-state index contributed by atoms with van der Waals surface area (Å²) in [7, 11) is 0. The summed E-state index contributed by atoms with van der Waals surface area (Å²) in [5, 5.41) is 3.30. The molecule has 2 N–H and O–H groups in total. The maximum Gasteiger partial charge on any atom is 0.177 e. The zero-order chi connectivity index (χ0) is 15.0. The summed E-state index contributed by atoms with van der Waals surface area (Å²) in [4.78, 5) is 20.7. The third-order valence-electron chi connectivity index (χ3n) is 3.28. The summed E-state index contributed by atoms with van der Waals surface area (Å²) in [6.45, 7) is 6.44. The second-order valence-corrected chi connectivity index (χ2v) is 5.81. The maximum absolute atomic E-state index is 4.45. The number of aromatic nitrogens is 5. The van der Waals surface area contributed by atoms with E-state index in [-0.39, 0.29) is 0 Å². The van der Waals surface area contributed by atoms with Crippen LogP contribution in [0.4, 0.5) is 5.82 Å². The van der Waals surface area contributed by atoms with Crippen molar-refractivity contribution in [1.82, 2.24) is 24.9 Å². The quantitative estimate of drug-likeness (QED) is 0.761. The van der Waals surface area contributed by atoms with Gasteiger partial charge in [-0.3, -0.25) is 0 Å². The van der Waals surface area contributed by atoms with Crippen LogP contribution in [0.3, 0.4) is 0 Å². The first kappa shape index (κ1) is 13.9. The molecule has 0 atom stereocenters. The molecule has 6 nitrogen and oxygen atoms in total. The SMILES string of the molecule is Cc1nc(C)c(C)c(NCc2nc3ncc(Br)cc3[nH]2)n1. The number of hydrogen-bond acceptors (Lipinski definition) is 5. The van der Waals surface area contributed by atoms with E-state index in [1.807, 2.05) is 26.8 Å². The maximum atomic E-state index is 4.45. The van der Waals surface area contributed by atoms with E-state index in [0.717, 1.165) is 38.7 Å². The number of halogens is 1. The summed E-state index contributed by atoms with van der Waals surface area (Å²) in [5.41, 5.74) is 3.66. The standard InChI is InChI=1S/C14H15BrN6/c1-7-8(2)18-9(3)19-13(7)17-6-12-20-11-4-10(15)5-16-14(11)21-12/h4-5H,6H2,1-3H3,(H,16,20,21)(H,17,18,19). The molecule has 3 aromatic heterocycles. The van der Waals surface area contributed by atoms with Crippen LogP contribution in [-0.4, -0.2) is 24.9 Å². The Morgan fingerprint density at radius 1 is 1.19 bits per heavy atom. The molecule has 3 aromatic rings. The lowest BCUT2D eigenvalue weighted by Crippen LogP contribution is -2.07. The fraction of sp³-hybridized carbons (Fsp3) is 0.286. The van der Waals surface area contributed by atoms with Crippen molar-refractivity contribution in [2.24, 2.45) is 0 Å². The van der Waals surface area contributed by atoms with Crippen molar-refractivity contribution in [3.05, 3.63) is 39.6 Å². The largest absolute Gasteiger partial charge is 0.363 e. The van der Waals surface area contributed by atoms with Gasteiger partial charge in [0.2, 0.25) is 0 Å². The average Bonchev–Trinajstić information content (AvgIpc) is 2.83. The minimum atomic E-state index is 0.560. The molecule has 3 rings (SSSR count). The lowest BCUT2D eigenvalue weighted by Gasteiger charge is -2.09.